The zero-order chi connectivity index (χ0) is 32.0. The molecule has 4 amide bonds. The summed E-state index contributed by atoms with van der Waals surface area (Å²) in [4.78, 5) is 55.2. The van der Waals surface area contributed by atoms with Gasteiger partial charge in [0.05, 0.1) is 11.5 Å². The van der Waals surface area contributed by atoms with Gasteiger partial charge in [0.1, 0.15) is 23.7 Å². The molecule has 0 radical (unpaired) electrons. The van der Waals surface area contributed by atoms with E-state index in [-0.39, 0.29) is 31.2 Å². The average Bonchev–Trinajstić information content (AvgIpc) is 3.50. The molecule has 228 valence electrons. The lowest BCUT2D eigenvalue weighted by Crippen LogP contribution is -2.55. The summed E-state index contributed by atoms with van der Waals surface area (Å²) in [5.41, 5.74) is -1.72. The standard InChI is InChI=1S/C29H28F5N5O4/c1-13(2)9-18(27(42)39-12-29(10-15(39)11-35)16-7-5-6-8-17(16)37-28(29)43)38(4)26(41)14(3)36-25(40)19-20(30)22(32)24(34)23(33)21(19)31/h5-8,13-15,18H,9-10,12H2,1-4H3,(H,36,40)(H,37,43)/t14-,15-,18-,29-/m0/s1. The van der Waals surface area contributed by atoms with E-state index in [1.165, 1.54) is 11.9 Å². The van der Waals surface area contributed by atoms with Crippen molar-refractivity contribution in [3.63, 3.8) is 0 Å². The molecule has 0 aromatic heterocycles. The molecule has 0 saturated carbocycles. The van der Waals surface area contributed by atoms with Gasteiger partial charge in [-0.05, 0) is 30.9 Å². The zero-order valence-electron chi connectivity index (χ0n) is 23.6. The number of nitrogens with zero attached hydrogens (tertiary/aromatic N) is 3. The number of hydrogen-bond acceptors (Lipinski definition) is 5. The highest BCUT2D eigenvalue weighted by molar-refractivity contribution is 6.07. The quantitative estimate of drug-likeness (QED) is 0.285. The van der Waals surface area contributed by atoms with Gasteiger partial charge in [-0.1, -0.05) is 32.0 Å². The first-order valence-electron chi connectivity index (χ1n) is 13.4. The molecule has 0 bridgehead atoms. The maximum atomic E-state index is 14.1. The van der Waals surface area contributed by atoms with Crippen LogP contribution in [0.1, 0.15) is 49.5 Å². The first kappa shape index (κ1) is 31.4. The number of halogens is 5. The average molecular weight is 606 g/mol. The Morgan fingerprint density at radius 3 is 2.23 bits per heavy atom. The Bertz CT molecular complexity index is 1530. The molecule has 4 atom stereocenters. The summed E-state index contributed by atoms with van der Waals surface area (Å²) in [6, 6.07) is 5.24. The molecule has 1 spiro atoms. The molecule has 2 aliphatic heterocycles. The van der Waals surface area contributed by atoms with Crippen molar-refractivity contribution in [1.82, 2.24) is 15.1 Å². The zero-order valence-corrected chi connectivity index (χ0v) is 23.6. The third kappa shape index (κ3) is 5.28. The molecule has 2 aromatic rings. The van der Waals surface area contributed by atoms with E-state index in [1.54, 1.807) is 38.1 Å². The lowest BCUT2D eigenvalue weighted by molar-refractivity contribution is -0.146. The van der Waals surface area contributed by atoms with Crippen LogP contribution in [0.25, 0.3) is 0 Å². The van der Waals surface area contributed by atoms with Crippen molar-refractivity contribution in [2.45, 2.75) is 57.2 Å². The van der Waals surface area contributed by atoms with Crippen LogP contribution in [0.15, 0.2) is 24.3 Å². The minimum absolute atomic E-state index is 0.0263. The van der Waals surface area contributed by atoms with Crippen LogP contribution in [0.5, 0.6) is 0 Å². The van der Waals surface area contributed by atoms with E-state index >= 15 is 0 Å². The van der Waals surface area contributed by atoms with Crippen LogP contribution in [0.3, 0.4) is 0 Å². The van der Waals surface area contributed by atoms with Crippen LogP contribution < -0.4 is 10.6 Å². The highest BCUT2D eigenvalue weighted by Gasteiger charge is 2.56. The molecule has 1 fully saturated rings. The van der Waals surface area contributed by atoms with Crippen LogP contribution in [-0.2, 0) is 19.8 Å². The Morgan fingerprint density at radius 1 is 1.07 bits per heavy atom. The number of amides is 4. The Morgan fingerprint density at radius 2 is 1.65 bits per heavy atom. The third-order valence-corrected chi connectivity index (χ3v) is 7.87. The van der Waals surface area contributed by atoms with Crippen LogP contribution in [0, 0.1) is 46.3 Å². The van der Waals surface area contributed by atoms with Gasteiger partial charge < -0.3 is 20.4 Å². The number of nitrogens with one attached hydrogen (secondary N) is 2. The lowest BCUT2D eigenvalue weighted by atomic mass is 9.80. The molecule has 1 saturated heterocycles. The lowest BCUT2D eigenvalue weighted by Gasteiger charge is -2.34. The molecule has 4 rings (SSSR count). The smallest absolute Gasteiger partial charge is 0.258 e. The van der Waals surface area contributed by atoms with Crippen molar-refractivity contribution in [3.8, 4) is 6.07 Å². The van der Waals surface area contributed by atoms with Gasteiger partial charge in [-0.25, -0.2) is 22.0 Å². The molecule has 14 heteroatoms. The minimum atomic E-state index is -2.44. The number of carbonyl (C=O) groups excluding carboxylic acids is 4. The number of rotatable bonds is 7. The third-order valence-electron chi connectivity index (χ3n) is 7.87. The molecular weight excluding hydrogens is 577 g/mol. The Hall–Kier alpha value is -4.54. The minimum Gasteiger partial charge on any atom is -0.340 e. The molecule has 0 aliphatic carbocycles. The fourth-order valence-corrected chi connectivity index (χ4v) is 5.64. The molecule has 2 aromatic carbocycles. The van der Waals surface area contributed by atoms with Gasteiger partial charge in [-0.3, -0.25) is 19.2 Å². The number of likely N-dealkylation sites (N-methyl/N-ethyl adjacent to an activating group) is 1. The highest BCUT2D eigenvalue weighted by atomic mass is 19.2. The van der Waals surface area contributed by atoms with Crippen LogP contribution >= 0.6 is 0 Å². The van der Waals surface area contributed by atoms with Crippen LogP contribution in [0.2, 0.25) is 0 Å². The van der Waals surface area contributed by atoms with E-state index in [0.29, 0.717) is 11.3 Å². The summed E-state index contributed by atoms with van der Waals surface area (Å²) in [5, 5.41) is 14.6. The molecule has 9 nitrogen and oxygen atoms in total. The molecule has 2 aliphatic rings. The van der Waals surface area contributed by atoms with Crippen molar-refractivity contribution >= 4 is 29.3 Å². The topological polar surface area (TPSA) is 123 Å². The second-order valence-corrected chi connectivity index (χ2v) is 11.1. The summed E-state index contributed by atoms with van der Waals surface area (Å²) in [5.74, 6) is -15.6. The number of nitriles is 1. The number of para-hydroxylation sites is 1. The van der Waals surface area contributed by atoms with Gasteiger partial charge in [-0.2, -0.15) is 5.26 Å². The number of benzene rings is 2. The Labute approximate surface area is 243 Å². The van der Waals surface area contributed by atoms with Crippen LogP contribution in [-0.4, -0.2) is 65.1 Å². The van der Waals surface area contributed by atoms with Gasteiger partial charge in [0.25, 0.3) is 5.91 Å². The fraction of sp³-hybridized carbons (Fsp3) is 0.414. The SMILES string of the molecule is CC(C)C[C@@H](C(=O)N1C[C@]2(C[C@H]1C#N)C(=O)Nc1ccccc12)N(C)C(=O)[C@H](C)NC(=O)c1c(F)c(F)c(F)c(F)c1F. The number of anilines is 1. The molecule has 43 heavy (non-hydrogen) atoms. The fourth-order valence-electron chi connectivity index (χ4n) is 5.64. The van der Waals surface area contributed by atoms with Crippen molar-refractivity contribution in [2.75, 3.05) is 18.9 Å². The van der Waals surface area contributed by atoms with E-state index in [1.807, 2.05) is 5.32 Å². The monoisotopic (exact) mass is 605 g/mol. The number of carbonyl (C=O) groups is 4. The maximum Gasteiger partial charge on any atom is 0.258 e. The molecular formula is C29H28F5N5O4. The predicted molar refractivity (Wildman–Crippen MR) is 142 cm³/mol. The molecule has 2 N–H and O–H groups in total. The first-order valence-corrected chi connectivity index (χ1v) is 13.4. The van der Waals surface area contributed by atoms with Crippen molar-refractivity contribution < 1.29 is 41.1 Å². The summed E-state index contributed by atoms with van der Waals surface area (Å²) in [6.45, 7) is 4.54. The molecule has 0 unspecified atom stereocenters. The predicted octanol–water partition coefficient (Wildman–Crippen LogP) is 3.39. The number of likely N-dealkylation sites (tertiary alicyclic amines) is 1. The van der Waals surface area contributed by atoms with Gasteiger partial charge in [0.2, 0.25) is 23.5 Å². The van der Waals surface area contributed by atoms with E-state index in [9.17, 15) is 46.4 Å². The maximum absolute atomic E-state index is 14.1. The Balaban J connectivity index is 1.58. The Kier molecular flexibility index (Phi) is 8.49. The largest absolute Gasteiger partial charge is 0.340 e. The number of hydrogen-bond donors (Lipinski definition) is 2. The van der Waals surface area contributed by atoms with E-state index in [2.05, 4.69) is 11.4 Å². The molecule has 2 heterocycles. The summed E-state index contributed by atoms with van der Waals surface area (Å²) < 4.78 is 68.9. The summed E-state index contributed by atoms with van der Waals surface area (Å²) >= 11 is 0. The second kappa shape index (κ2) is 11.6. The highest BCUT2D eigenvalue weighted by Crippen LogP contribution is 2.46. The second-order valence-electron chi connectivity index (χ2n) is 11.1. The summed E-state index contributed by atoms with van der Waals surface area (Å²) in [6.07, 6.45) is 0.127. The van der Waals surface area contributed by atoms with Crippen molar-refractivity contribution in [3.05, 3.63) is 64.5 Å². The van der Waals surface area contributed by atoms with Crippen molar-refractivity contribution in [1.29, 1.82) is 5.26 Å². The van der Waals surface area contributed by atoms with E-state index in [4.69, 9.17) is 0 Å². The van der Waals surface area contributed by atoms with E-state index < -0.39 is 75.9 Å². The number of fused-ring (bicyclic) bond motifs is 2. The summed E-state index contributed by atoms with van der Waals surface area (Å²) in [7, 11) is 1.25. The van der Waals surface area contributed by atoms with Gasteiger partial charge in [-0.15, -0.1) is 0 Å². The van der Waals surface area contributed by atoms with Crippen LogP contribution in [0.4, 0.5) is 27.6 Å². The van der Waals surface area contributed by atoms with Crippen molar-refractivity contribution in [2.24, 2.45) is 5.92 Å². The first-order chi connectivity index (χ1) is 20.2. The van der Waals surface area contributed by atoms with E-state index in [0.717, 1.165) is 11.8 Å². The van der Waals surface area contributed by atoms with Gasteiger partial charge >= 0.3 is 0 Å². The normalized spacial score (nSPS) is 20.4. The van der Waals surface area contributed by atoms with Gasteiger partial charge in [0, 0.05) is 25.7 Å². The van der Waals surface area contributed by atoms with Gasteiger partial charge in [0.15, 0.2) is 23.3 Å².